The molecular formula is C9H11NO4. The number of carbonyl (C=O) groups is 3. The van der Waals surface area contributed by atoms with E-state index in [-0.39, 0.29) is 0 Å². The zero-order chi connectivity index (χ0) is 11.0. The number of amides is 2. The maximum atomic E-state index is 11.5. The Morgan fingerprint density at radius 2 is 1.64 bits per heavy atom. The lowest BCUT2D eigenvalue weighted by Crippen LogP contribution is -2.33. The fourth-order valence-electron chi connectivity index (χ4n) is 1.31. The standard InChI is InChI=1S/C9H11NO4/c1-4-5(2)8(12)10(7(4)11)6(3)9(13)14/h4-5H,3H2,1-2H3,(H,13,14). The summed E-state index contributed by atoms with van der Waals surface area (Å²) in [5.74, 6) is -3.28. The smallest absolute Gasteiger partial charge is 0.352 e. The third-order valence-corrected chi connectivity index (χ3v) is 2.49. The summed E-state index contributed by atoms with van der Waals surface area (Å²) in [7, 11) is 0. The normalized spacial score (nSPS) is 26.9. The maximum absolute atomic E-state index is 11.5. The average Bonchev–Trinajstić information content (AvgIpc) is 2.30. The lowest BCUT2D eigenvalue weighted by atomic mass is 10.00. The third kappa shape index (κ3) is 1.30. The van der Waals surface area contributed by atoms with Crippen LogP contribution >= 0.6 is 0 Å². The van der Waals surface area contributed by atoms with Crippen LogP contribution in [0.25, 0.3) is 0 Å². The molecule has 0 aliphatic carbocycles. The Kier molecular flexibility index (Phi) is 2.42. The number of carboxylic acid groups (broad SMARTS) is 1. The highest BCUT2D eigenvalue weighted by atomic mass is 16.4. The fraction of sp³-hybridized carbons (Fsp3) is 0.444. The monoisotopic (exact) mass is 197 g/mol. The van der Waals surface area contributed by atoms with E-state index in [0.717, 1.165) is 0 Å². The third-order valence-electron chi connectivity index (χ3n) is 2.49. The molecule has 1 aliphatic rings. The molecule has 1 heterocycles. The molecule has 2 amide bonds. The zero-order valence-corrected chi connectivity index (χ0v) is 7.98. The lowest BCUT2D eigenvalue weighted by molar-refractivity contribution is -0.144. The Labute approximate surface area is 81.0 Å². The predicted octanol–water partition coefficient (Wildman–Crippen LogP) is 0.226. The lowest BCUT2D eigenvalue weighted by Gasteiger charge is -2.12. The summed E-state index contributed by atoms with van der Waals surface area (Å²) in [6.07, 6.45) is 0. The molecule has 0 radical (unpaired) electrons. The molecule has 1 saturated heterocycles. The van der Waals surface area contributed by atoms with Crippen molar-refractivity contribution >= 4 is 17.8 Å². The van der Waals surface area contributed by atoms with Gasteiger partial charge < -0.3 is 5.11 Å². The van der Waals surface area contributed by atoms with Gasteiger partial charge in [0.25, 0.3) is 0 Å². The van der Waals surface area contributed by atoms with Gasteiger partial charge in [0, 0.05) is 11.8 Å². The molecule has 0 spiro atoms. The van der Waals surface area contributed by atoms with Crippen LogP contribution in [0.2, 0.25) is 0 Å². The van der Waals surface area contributed by atoms with Crippen LogP contribution in [0, 0.1) is 11.8 Å². The van der Waals surface area contributed by atoms with Crippen molar-refractivity contribution in [1.29, 1.82) is 0 Å². The second-order valence-corrected chi connectivity index (χ2v) is 3.34. The van der Waals surface area contributed by atoms with Crippen LogP contribution in [0.1, 0.15) is 13.8 Å². The van der Waals surface area contributed by atoms with Gasteiger partial charge in [-0.1, -0.05) is 20.4 Å². The largest absolute Gasteiger partial charge is 0.477 e. The maximum Gasteiger partial charge on any atom is 0.352 e. The van der Waals surface area contributed by atoms with Crippen LogP contribution in [0.4, 0.5) is 0 Å². The van der Waals surface area contributed by atoms with Gasteiger partial charge in [0.1, 0.15) is 5.70 Å². The van der Waals surface area contributed by atoms with Crippen LogP contribution in [-0.4, -0.2) is 27.8 Å². The molecule has 76 valence electrons. The van der Waals surface area contributed by atoms with Gasteiger partial charge in [-0.05, 0) is 0 Å². The highest BCUT2D eigenvalue weighted by Gasteiger charge is 2.44. The summed E-state index contributed by atoms with van der Waals surface area (Å²) in [6.45, 7) is 6.39. The summed E-state index contributed by atoms with van der Waals surface area (Å²) < 4.78 is 0. The first-order valence-electron chi connectivity index (χ1n) is 4.18. The van der Waals surface area contributed by atoms with Crippen molar-refractivity contribution in [2.45, 2.75) is 13.8 Å². The number of imide groups is 1. The molecule has 1 aliphatic heterocycles. The average molecular weight is 197 g/mol. The van der Waals surface area contributed by atoms with Crippen molar-refractivity contribution in [2.24, 2.45) is 11.8 Å². The molecule has 0 aromatic carbocycles. The van der Waals surface area contributed by atoms with Crippen LogP contribution in [0.15, 0.2) is 12.3 Å². The quantitative estimate of drug-likeness (QED) is 0.507. The Balaban J connectivity index is 3.02. The van der Waals surface area contributed by atoms with Gasteiger partial charge >= 0.3 is 5.97 Å². The highest BCUT2D eigenvalue weighted by molar-refractivity contribution is 6.10. The molecule has 1 N–H and O–H groups in total. The number of nitrogens with zero attached hydrogens (tertiary/aromatic N) is 1. The SMILES string of the molecule is C=C(C(=O)O)N1C(=O)C(C)C(C)C1=O. The van der Waals surface area contributed by atoms with Crippen molar-refractivity contribution in [3.8, 4) is 0 Å². The number of aliphatic carboxylic acids is 1. The van der Waals surface area contributed by atoms with Crippen LogP contribution in [0.5, 0.6) is 0 Å². The Morgan fingerprint density at radius 3 is 1.93 bits per heavy atom. The fourth-order valence-corrected chi connectivity index (χ4v) is 1.31. The van der Waals surface area contributed by atoms with E-state index in [2.05, 4.69) is 6.58 Å². The van der Waals surface area contributed by atoms with Gasteiger partial charge in [0.15, 0.2) is 0 Å². The molecule has 1 rings (SSSR count). The molecule has 5 nitrogen and oxygen atoms in total. The summed E-state index contributed by atoms with van der Waals surface area (Å²) in [6, 6.07) is 0. The first kappa shape index (κ1) is 10.4. The van der Waals surface area contributed by atoms with E-state index in [9.17, 15) is 14.4 Å². The molecule has 0 aromatic rings. The first-order valence-corrected chi connectivity index (χ1v) is 4.18. The topological polar surface area (TPSA) is 74.7 Å². The number of rotatable bonds is 2. The number of hydrogen-bond acceptors (Lipinski definition) is 3. The van der Waals surface area contributed by atoms with Gasteiger partial charge in [-0.25, -0.2) is 9.69 Å². The number of carbonyl (C=O) groups excluding carboxylic acids is 2. The molecule has 2 unspecified atom stereocenters. The summed E-state index contributed by atoms with van der Waals surface area (Å²) in [5.41, 5.74) is -0.476. The van der Waals surface area contributed by atoms with E-state index in [4.69, 9.17) is 5.11 Å². The number of carboxylic acids is 1. The minimum Gasteiger partial charge on any atom is -0.477 e. The molecule has 0 bridgehead atoms. The van der Waals surface area contributed by atoms with Gasteiger partial charge in [-0.15, -0.1) is 0 Å². The van der Waals surface area contributed by atoms with Gasteiger partial charge in [0.05, 0.1) is 0 Å². The predicted molar refractivity (Wildman–Crippen MR) is 47.0 cm³/mol. The Morgan fingerprint density at radius 1 is 1.29 bits per heavy atom. The van der Waals surface area contributed by atoms with E-state index < -0.39 is 35.3 Å². The zero-order valence-electron chi connectivity index (χ0n) is 7.98. The summed E-state index contributed by atoms with van der Waals surface area (Å²) in [5, 5.41) is 8.60. The van der Waals surface area contributed by atoms with Gasteiger partial charge in [-0.3, -0.25) is 9.59 Å². The Hall–Kier alpha value is -1.65. The first-order chi connectivity index (χ1) is 6.37. The molecule has 5 heteroatoms. The molecule has 0 aromatic heterocycles. The number of hydrogen-bond donors (Lipinski definition) is 1. The van der Waals surface area contributed by atoms with Gasteiger partial charge in [-0.2, -0.15) is 0 Å². The van der Waals surface area contributed by atoms with E-state index in [1.165, 1.54) is 0 Å². The van der Waals surface area contributed by atoms with E-state index >= 15 is 0 Å². The van der Waals surface area contributed by atoms with Crippen molar-refractivity contribution in [1.82, 2.24) is 4.90 Å². The van der Waals surface area contributed by atoms with E-state index in [0.29, 0.717) is 4.90 Å². The van der Waals surface area contributed by atoms with Crippen molar-refractivity contribution in [2.75, 3.05) is 0 Å². The van der Waals surface area contributed by atoms with Crippen molar-refractivity contribution in [3.63, 3.8) is 0 Å². The molecule has 14 heavy (non-hydrogen) atoms. The molecular weight excluding hydrogens is 186 g/mol. The van der Waals surface area contributed by atoms with Crippen LogP contribution in [0.3, 0.4) is 0 Å². The van der Waals surface area contributed by atoms with E-state index in [1.807, 2.05) is 0 Å². The molecule has 0 saturated carbocycles. The highest BCUT2D eigenvalue weighted by Crippen LogP contribution is 2.27. The van der Waals surface area contributed by atoms with E-state index in [1.54, 1.807) is 13.8 Å². The molecule has 2 atom stereocenters. The number of likely N-dealkylation sites (tertiary alicyclic amines) is 1. The molecule has 1 fully saturated rings. The van der Waals surface area contributed by atoms with Gasteiger partial charge in [0.2, 0.25) is 11.8 Å². The van der Waals surface area contributed by atoms with Crippen LogP contribution in [-0.2, 0) is 14.4 Å². The van der Waals surface area contributed by atoms with Crippen LogP contribution < -0.4 is 0 Å². The summed E-state index contributed by atoms with van der Waals surface area (Å²) in [4.78, 5) is 34.1. The Bertz CT molecular complexity index is 314. The second kappa shape index (κ2) is 3.25. The second-order valence-electron chi connectivity index (χ2n) is 3.34. The van der Waals surface area contributed by atoms with Crippen molar-refractivity contribution < 1.29 is 19.5 Å². The minimum absolute atomic E-state index is 0.474. The van der Waals surface area contributed by atoms with Crippen molar-refractivity contribution in [3.05, 3.63) is 12.3 Å². The minimum atomic E-state index is -1.35. The summed E-state index contributed by atoms with van der Waals surface area (Å²) >= 11 is 0.